The van der Waals surface area contributed by atoms with Gasteiger partial charge in [0, 0.05) is 39.0 Å². The third-order valence-corrected chi connectivity index (χ3v) is 7.89. The van der Waals surface area contributed by atoms with Crippen LogP contribution in [-0.2, 0) is 5.72 Å². The number of halogens is 2. The number of nitrogens with zero attached hydrogens (tertiary/aromatic N) is 2. The summed E-state index contributed by atoms with van der Waals surface area (Å²) in [6.45, 7) is 0. The molecule has 0 saturated heterocycles. The summed E-state index contributed by atoms with van der Waals surface area (Å²) in [5.74, 6) is 0.582. The molecule has 5 rings (SSSR count). The summed E-state index contributed by atoms with van der Waals surface area (Å²) in [4.78, 5) is 41.6. The number of ketones is 1. The molecule has 0 fully saturated rings. The number of rotatable bonds is 5. The van der Waals surface area contributed by atoms with Gasteiger partial charge in [-0.25, -0.2) is 4.98 Å². The van der Waals surface area contributed by atoms with Gasteiger partial charge in [-0.2, -0.15) is 0 Å². The minimum atomic E-state index is -1.35. The molecule has 2 aromatic heterocycles. The maximum atomic E-state index is 12.1. The molecule has 0 bridgehead atoms. The molecule has 13 heteroatoms. The molecule has 0 aliphatic carbocycles. The number of anilines is 2. The molecule has 4 aromatic rings. The second-order valence-corrected chi connectivity index (χ2v) is 10.9. The molecular formula is C25H21Cl2N5O4S2. The topological polar surface area (TPSA) is 157 Å². The molecule has 2 aromatic carbocycles. The lowest BCUT2D eigenvalue weighted by Gasteiger charge is -2.25. The Bertz CT molecular complexity index is 1590. The average Bonchev–Trinajstić information content (AvgIpc) is 3.21. The second-order valence-electron chi connectivity index (χ2n) is 8.11. The highest BCUT2D eigenvalue weighted by atomic mass is 35.5. The van der Waals surface area contributed by atoms with Crippen molar-refractivity contribution in [2.24, 2.45) is 0 Å². The smallest absolute Gasteiger partial charge is 0.256 e. The molecular weight excluding hydrogens is 569 g/mol. The van der Waals surface area contributed by atoms with E-state index in [9.17, 15) is 19.5 Å². The Labute approximate surface area is 235 Å². The van der Waals surface area contributed by atoms with E-state index < -0.39 is 5.72 Å². The Hall–Kier alpha value is -3.22. The highest BCUT2D eigenvalue weighted by Crippen LogP contribution is 2.39. The predicted octanol–water partition coefficient (Wildman–Crippen LogP) is 3.86. The Morgan fingerprint density at radius 2 is 1.68 bits per heavy atom. The van der Waals surface area contributed by atoms with E-state index in [1.54, 1.807) is 54.6 Å². The summed E-state index contributed by atoms with van der Waals surface area (Å²) in [5, 5.41) is 13.0. The number of nitrogens with one attached hydrogen (secondary N) is 1. The van der Waals surface area contributed by atoms with E-state index in [0.717, 1.165) is 11.8 Å². The van der Waals surface area contributed by atoms with Gasteiger partial charge in [-0.3, -0.25) is 19.0 Å². The second kappa shape index (κ2) is 11.7. The summed E-state index contributed by atoms with van der Waals surface area (Å²) in [6.07, 6.45) is 0. The Morgan fingerprint density at radius 3 is 2.32 bits per heavy atom. The van der Waals surface area contributed by atoms with E-state index in [0.29, 0.717) is 42.8 Å². The Kier molecular flexibility index (Phi) is 8.54. The third kappa shape index (κ3) is 6.43. The van der Waals surface area contributed by atoms with Gasteiger partial charge in [0.1, 0.15) is 5.82 Å². The van der Waals surface area contributed by atoms with Crippen molar-refractivity contribution in [1.82, 2.24) is 14.5 Å². The Balaban J connectivity index is 0.000000177. The fourth-order valence-electron chi connectivity index (χ4n) is 3.58. The highest BCUT2D eigenvalue weighted by Gasteiger charge is 2.39. The highest BCUT2D eigenvalue weighted by molar-refractivity contribution is 8.00. The van der Waals surface area contributed by atoms with Crippen LogP contribution < -0.4 is 22.6 Å². The van der Waals surface area contributed by atoms with Gasteiger partial charge < -0.3 is 21.6 Å². The molecule has 0 amide bonds. The van der Waals surface area contributed by atoms with Crippen molar-refractivity contribution < 1.29 is 9.90 Å². The number of carbonyl (C=O) groups excluding carboxylic acids is 1. The van der Waals surface area contributed by atoms with Crippen LogP contribution in [0.3, 0.4) is 0 Å². The predicted molar refractivity (Wildman–Crippen MR) is 152 cm³/mol. The van der Waals surface area contributed by atoms with Gasteiger partial charge in [-0.1, -0.05) is 47.1 Å². The van der Waals surface area contributed by atoms with Crippen LogP contribution in [-0.4, -0.2) is 36.9 Å². The largest absolute Gasteiger partial charge is 0.398 e. The van der Waals surface area contributed by atoms with Gasteiger partial charge in [0.05, 0.1) is 16.5 Å². The van der Waals surface area contributed by atoms with Crippen LogP contribution in [0.15, 0.2) is 86.5 Å². The molecule has 9 nitrogen and oxygen atoms in total. The van der Waals surface area contributed by atoms with Crippen molar-refractivity contribution >= 4 is 64.0 Å². The molecule has 1 aliphatic heterocycles. The van der Waals surface area contributed by atoms with Gasteiger partial charge in [-0.05, 0) is 42.5 Å². The zero-order chi connectivity index (χ0) is 27.4. The number of hydrogen-bond donors (Lipinski definition) is 4. The minimum Gasteiger partial charge on any atom is -0.398 e. The van der Waals surface area contributed by atoms with Crippen molar-refractivity contribution in [3.63, 3.8) is 0 Å². The number of carbonyl (C=O) groups is 1. The van der Waals surface area contributed by atoms with E-state index in [4.69, 9.17) is 34.7 Å². The number of benzene rings is 2. The Morgan fingerprint density at radius 1 is 1.05 bits per heavy atom. The lowest BCUT2D eigenvalue weighted by Crippen LogP contribution is -2.41. The number of aromatic amines is 1. The van der Waals surface area contributed by atoms with Crippen LogP contribution >= 0.6 is 46.7 Å². The van der Waals surface area contributed by atoms with Crippen molar-refractivity contribution in [3.8, 4) is 0 Å². The first kappa shape index (κ1) is 27.8. The van der Waals surface area contributed by atoms with Crippen molar-refractivity contribution in [2.75, 3.05) is 23.0 Å². The first-order valence-corrected chi connectivity index (χ1v) is 13.7. The van der Waals surface area contributed by atoms with Gasteiger partial charge >= 0.3 is 0 Å². The van der Waals surface area contributed by atoms with Crippen LogP contribution in [0.5, 0.6) is 0 Å². The van der Waals surface area contributed by atoms with Crippen LogP contribution in [0.2, 0.25) is 10.0 Å². The summed E-state index contributed by atoms with van der Waals surface area (Å²) in [7, 11) is 0. The van der Waals surface area contributed by atoms with Crippen molar-refractivity contribution in [1.29, 1.82) is 0 Å². The maximum Gasteiger partial charge on any atom is 0.256 e. The zero-order valence-corrected chi connectivity index (χ0v) is 22.7. The van der Waals surface area contributed by atoms with Crippen LogP contribution in [0.1, 0.15) is 15.9 Å². The standard InChI is InChI=1S/C13H11ClN2O2S.C12H10ClN3O2S/c14-9-3-1-8(2-4-9)13(18)7-19-12-6-10(15)5-11(17)16(12)13;13-8-3-1-7(2-4-8)9(17)6-19-12-15-10(14)5-11(18)16-12/h1-6,18H,7,15H2;1-5H,6H2,(H3,14,15,16,18). The molecule has 1 unspecified atom stereocenters. The van der Waals surface area contributed by atoms with Crippen LogP contribution in [0, 0.1) is 0 Å². The molecule has 1 atom stereocenters. The third-order valence-electron chi connectivity index (χ3n) is 5.36. The number of H-pyrrole nitrogens is 1. The lowest BCUT2D eigenvalue weighted by atomic mass is 10.0. The monoisotopic (exact) mass is 589 g/mol. The van der Waals surface area contributed by atoms with E-state index in [1.807, 2.05) is 0 Å². The summed E-state index contributed by atoms with van der Waals surface area (Å²) in [5.41, 5.74) is 10.7. The number of pyridine rings is 1. The fourth-order valence-corrected chi connectivity index (χ4v) is 5.84. The number of aliphatic hydroxyl groups is 1. The number of fused-ring (bicyclic) bond motifs is 1. The number of nitrogens with two attached hydrogens (primary N) is 2. The summed E-state index contributed by atoms with van der Waals surface area (Å²) in [6, 6.07) is 17.6. The number of Topliss-reactive ketones (excluding diaryl/α,β-unsaturated/α-hetero) is 1. The quantitative estimate of drug-likeness (QED) is 0.154. The number of hydrogen-bond acceptors (Lipinski definition) is 9. The van der Waals surface area contributed by atoms with Gasteiger partial charge in [0.25, 0.3) is 11.1 Å². The summed E-state index contributed by atoms with van der Waals surface area (Å²) < 4.78 is 1.37. The van der Waals surface area contributed by atoms with E-state index in [-0.39, 0.29) is 28.5 Å². The summed E-state index contributed by atoms with van der Waals surface area (Å²) >= 11 is 14.1. The molecule has 0 spiro atoms. The SMILES string of the molecule is Nc1cc(=O)[nH]c(SCC(=O)c2ccc(Cl)cc2)n1.Nc1cc2n(c(=O)c1)C(O)(c1ccc(Cl)cc1)CS2. The lowest BCUT2D eigenvalue weighted by molar-refractivity contribution is 0.0254. The number of nitrogen functional groups attached to an aromatic ring is 2. The first-order valence-electron chi connectivity index (χ1n) is 11.0. The molecule has 1 aliphatic rings. The van der Waals surface area contributed by atoms with Crippen LogP contribution in [0.4, 0.5) is 11.5 Å². The van der Waals surface area contributed by atoms with Gasteiger partial charge in [0.2, 0.25) is 0 Å². The average molecular weight is 591 g/mol. The fraction of sp³-hybridized carbons (Fsp3) is 0.120. The van der Waals surface area contributed by atoms with Crippen molar-refractivity contribution in [2.45, 2.75) is 15.9 Å². The van der Waals surface area contributed by atoms with Crippen LogP contribution in [0.25, 0.3) is 0 Å². The van der Waals surface area contributed by atoms with Crippen molar-refractivity contribution in [3.05, 3.63) is 109 Å². The van der Waals surface area contributed by atoms with E-state index >= 15 is 0 Å². The van der Waals surface area contributed by atoms with E-state index in [1.165, 1.54) is 28.5 Å². The number of thioether (sulfide) groups is 2. The van der Waals surface area contributed by atoms with Gasteiger partial charge in [0.15, 0.2) is 16.7 Å². The maximum absolute atomic E-state index is 12.1. The molecule has 0 saturated carbocycles. The minimum absolute atomic E-state index is 0.0771. The van der Waals surface area contributed by atoms with E-state index in [2.05, 4.69) is 9.97 Å². The zero-order valence-electron chi connectivity index (χ0n) is 19.6. The molecule has 196 valence electrons. The molecule has 0 radical (unpaired) electrons. The molecule has 3 heterocycles. The van der Waals surface area contributed by atoms with Gasteiger partial charge in [-0.15, -0.1) is 11.8 Å². The normalized spacial score (nSPS) is 15.9. The first-order chi connectivity index (χ1) is 18.0. The number of aromatic nitrogens is 3. The molecule has 6 N–H and O–H groups in total. The molecule has 38 heavy (non-hydrogen) atoms.